The minimum atomic E-state index is -0.0808. The van der Waals surface area contributed by atoms with Crippen LogP contribution in [0.15, 0.2) is 12.7 Å². The molecule has 0 aromatic rings. The maximum absolute atomic E-state index is 10.0. The Balaban J connectivity index is 2.14. The number of allylic oxidation sites excluding steroid dienone is 1. The molecule has 6 unspecified atom stereocenters. The molecule has 0 amide bonds. The molecule has 80 valence electrons. The second kappa shape index (κ2) is 3.69. The van der Waals surface area contributed by atoms with E-state index in [1.165, 1.54) is 12.8 Å². The average Bonchev–Trinajstić information content (AvgIpc) is 2.73. The summed E-state index contributed by atoms with van der Waals surface area (Å²) in [6.45, 7) is 8.34. The zero-order chi connectivity index (χ0) is 10.3. The van der Waals surface area contributed by atoms with Gasteiger partial charge in [0.2, 0.25) is 0 Å². The molecule has 2 rings (SSSR count). The van der Waals surface area contributed by atoms with Crippen LogP contribution >= 0.6 is 0 Å². The van der Waals surface area contributed by atoms with E-state index in [1.54, 1.807) is 0 Å². The van der Waals surface area contributed by atoms with E-state index in [-0.39, 0.29) is 6.10 Å². The molecule has 0 radical (unpaired) electrons. The van der Waals surface area contributed by atoms with Gasteiger partial charge in [0.1, 0.15) is 0 Å². The molecule has 2 aliphatic rings. The molecule has 0 saturated heterocycles. The molecule has 14 heavy (non-hydrogen) atoms. The van der Waals surface area contributed by atoms with Gasteiger partial charge in [0.25, 0.3) is 0 Å². The fourth-order valence-corrected chi connectivity index (χ4v) is 3.90. The van der Waals surface area contributed by atoms with E-state index in [0.717, 1.165) is 24.2 Å². The third-order valence-electron chi connectivity index (χ3n) is 4.71. The lowest BCUT2D eigenvalue weighted by Gasteiger charge is -2.35. The van der Waals surface area contributed by atoms with Crippen molar-refractivity contribution < 1.29 is 5.11 Å². The molecule has 6 atom stereocenters. The minimum absolute atomic E-state index is 0.0808. The summed E-state index contributed by atoms with van der Waals surface area (Å²) in [5, 5.41) is 10.0. The van der Waals surface area contributed by atoms with Crippen molar-refractivity contribution in [2.75, 3.05) is 0 Å². The first-order valence-corrected chi connectivity index (χ1v) is 5.99. The van der Waals surface area contributed by atoms with Crippen LogP contribution < -0.4 is 0 Å². The zero-order valence-corrected chi connectivity index (χ0v) is 9.32. The second-order valence-electron chi connectivity index (χ2n) is 5.21. The molecule has 2 aliphatic carbocycles. The van der Waals surface area contributed by atoms with Gasteiger partial charge >= 0.3 is 0 Å². The molecule has 0 aliphatic heterocycles. The van der Waals surface area contributed by atoms with E-state index >= 15 is 0 Å². The Morgan fingerprint density at radius 3 is 2.71 bits per heavy atom. The van der Waals surface area contributed by atoms with Gasteiger partial charge in [0.15, 0.2) is 0 Å². The van der Waals surface area contributed by atoms with Crippen LogP contribution in [0.4, 0.5) is 0 Å². The fraction of sp³-hybridized carbons (Fsp3) is 0.846. The summed E-state index contributed by atoms with van der Waals surface area (Å²) >= 11 is 0. The molecule has 1 N–H and O–H groups in total. The summed E-state index contributed by atoms with van der Waals surface area (Å²) in [7, 11) is 0. The third-order valence-corrected chi connectivity index (χ3v) is 4.71. The lowest BCUT2D eigenvalue weighted by Crippen LogP contribution is -2.34. The highest BCUT2D eigenvalue weighted by atomic mass is 16.3. The van der Waals surface area contributed by atoms with Crippen LogP contribution in [0, 0.1) is 29.6 Å². The van der Waals surface area contributed by atoms with Crippen molar-refractivity contribution in [3.05, 3.63) is 12.7 Å². The molecule has 0 spiro atoms. The Bertz CT molecular complexity index is 223. The van der Waals surface area contributed by atoms with Gasteiger partial charge in [0, 0.05) is 0 Å². The predicted octanol–water partition coefficient (Wildman–Crippen LogP) is 2.85. The van der Waals surface area contributed by atoms with Gasteiger partial charge in [-0.25, -0.2) is 0 Å². The smallest absolute Gasteiger partial charge is 0.0571 e. The quantitative estimate of drug-likeness (QED) is 0.685. The molecular formula is C13H22O. The topological polar surface area (TPSA) is 20.2 Å². The summed E-state index contributed by atoms with van der Waals surface area (Å²) in [5.41, 5.74) is 0. The highest BCUT2D eigenvalue weighted by Crippen LogP contribution is 2.56. The first-order valence-electron chi connectivity index (χ1n) is 5.99. The van der Waals surface area contributed by atoms with Gasteiger partial charge in [-0.3, -0.25) is 0 Å². The Kier molecular flexibility index (Phi) is 2.70. The molecule has 2 bridgehead atoms. The molecule has 2 fully saturated rings. The summed E-state index contributed by atoms with van der Waals surface area (Å²) in [5.74, 6) is 3.53. The number of aliphatic hydroxyl groups is 1. The summed E-state index contributed by atoms with van der Waals surface area (Å²) in [6.07, 6.45) is 5.60. The van der Waals surface area contributed by atoms with E-state index in [9.17, 15) is 5.11 Å². The van der Waals surface area contributed by atoms with E-state index in [0.29, 0.717) is 11.8 Å². The van der Waals surface area contributed by atoms with Crippen LogP contribution in [0.2, 0.25) is 0 Å². The van der Waals surface area contributed by atoms with Crippen LogP contribution in [0.5, 0.6) is 0 Å². The van der Waals surface area contributed by atoms with Crippen LogP contribution in [0.3, 0.4) is 0 Å². The Morgan fingerprint density at radius 2 is 2.21 bits per heavy atom. The van der Waals surface area contributed by atoms with Gasteiger partial charge in [0.05, 0.1) is 6.10 Å². The first kappa shape index (κ1) is 10.2. The number of hydrogen-bond acceptors (Lipinski definition) is 1. The van der Waals surface area contributed by atoms with E-state index in [1.807, 2.05) is 0 Å². The Morgan fingerprint density at radius 1 is 1.50 bits per heavy atom. The van der Waals surface area contributed by atoms with Crippen molar-refractivity contribution >= 4 is 0 Å². The molecule has 0 heterocycles. The summed E-state index contributed by atoms with van der Waals surface area (Å²) < 4.78 is 0. The monoisotopic (exact) mass is 194 g/mol. The largest absolute Gasteiger partial charge is 0.393 e. The van der Waals surface area contributed by atoms with Gasteiger partial charge in [-0.15, -0.1) is 6.58 Å². The molecular weight excluding hydrogens is 172 g/mol. The van der Waals surface area contributed by atoms with Crippen LogP contribution in [-0.2, 0) is 0 Å². The van der Waals surface area contributed by atoms with Crippen molar-refractivity contribution in [1.29, 1.82) is 0 Å². The zero-order valence-electron chi connectivity index (χ0n) is 9.32. The van der Waals surface area contributed by atoms with Crippen molar-refractivity contribution in [2.24, 2.45) is 29.6 Å². The lowest BCUT2D eigenvalue weighted by atomic mass is 9.72. The molecule has 0 aromatic carbocycles. The Hall–Kier alpha value is -0.300. The molecule has 0 aromatic heterocycles. The predicted molar refractivity (Wildman–Crippen MR) is 58.9 cm³/mol. The maximum atomic E-state index is 10.0. The molecule has 1 nitrogen and oxygen atoms in total. The number of fused-ring (bicyclic) bond motifs is 2. The second-order valence-corrected chi connectivity index (χ2v) is 5.21. The molecule has 2 saturated carbocycles. The van der Waals surface area contributed by atoms with Gasteiger partial charge < -0.3 is 5.11 Å². The van der Waals surface area contributed by atoms with E-state index < -0.39 is 0 Å². The lowest BCUT2D eigenvalue weighted by molar-refractivity contribution is 0.0312. The highest BCUT2D eigenvalue weighted by Gasteiger charge is 2.51. The standard InChI is InChI=1S/C13H22O/c1-4-9-6-10-7-11(9)13(8(10)3)12(14)5-2/h4,8-14H,1,5-7H2,2-3H3. The highest BCUT2D eigenvalue weighted by molar-refractivity contribution is 5.05. The normalized spacial score (nSPS) is 48.1. The Labute approximate surface area is 87.2 Å². The van der Waals surface area contributed by atoms with Gasteiger partial charge in [-0.2, -0.15) is 0 Å². The molecule has 1 heteroatoms. The SMILES string of the molecule is C=CC1CC2CC1C(C(O)CC)C2C. The van der Waals surface area contributed by atoms with Crippen LogP contribution in [0.25, 0.3) is 0 Å². The van der Waals surface area contributed by atoms with Gasteiger partial charge in [-0.1, -0.05) is 19.9 Å². The van der Waals surface area contributed by atoms with Crippen LogP contribution in [0.1, 0.15) is 33.1 Å². The first-order chi connectivity index (χ1) is 6.69. The summed E-state index contributed by atoms with van der Waals surface area (Å²) in [6, 6.07) is 0. The maximum Gasteiger partial charge on any atom is 0.0571 e. The van der Waals surface area contributed by atoms with E-state index in [4.69, 9.17) is 0 Å². The number of hydrogen-bond donors (Lipinski definition) is 1. The van der Waals surface area contributed by atoms with Crippen molar-refractivity contribution in [3.8, 4) is 0 Å². The average molecular weight is 194 g/mol. The third kappa shape index (κ3) is 1.33. The van der Waals surface area contributed by atoms with Crippen molar-refractivity contribution in [1.82, 2.24) is 0 Å². The van der Waals surface area contributed by atoms with Crippen molar-refractivity contribution in [2.45, 2.75) is 39.2 Å². The summed E-state index contributed by atoms with van der Waals surface area (Å²) in [4.78, 5) is 0. The minimum Gasteiger partial charge on any atom is -0.393 e. The van der Waals surface area contributed by atoms with Crippen molar-refractivity contribution in [3.63, 3.8) is 0 Å². The fourth-order valence-electron chi connectivity index (χ4n) is 3.90. The number of rotatable bonds is 3. The number of aliphatic hydroxyl groups excluding tert-OH is 1. The van der Waals surface area contributed by atoms with Crippen LogP contribution in [-0.4, -0.2) is 11.2 Å². The van der Waals surface area contributed by atoms with E-state index in [2.05, 4.69) is 26.5 Å². The van der Waals surface area contributed by atoms with Gasteiger partial charge in [-0.05, 0) is 48.9 Å².